The molecule has 0 bridgehead atoms. The molecular weight excluding hydrogens is 382 g/mol. The molecule has 1 aromatic heterocycles. The number of nitrogens with two attached hydrogens (primary N) is 2. The first kappa shape index (κ1) is 24.9. The second kappa shape index (κ2) is 12.5. The summed E-state index contributed by atoms with van der Waals surface area (Å²) in [6.45, 7) is 10.1. The Labute approximate surface area is 189 Å². The molecule has 1 aliphatic carbocycles. The van der Waals surface area contributed by atoms with Crippen LogP contribution in [0.15, 0.2) is 47.3 Å². The fourth-order valence-electron chi connectivity index (χ4n) is 4.29. The van der Waals surface area contributed by atoms with E-state index in [0.717, 1.165) is 53.7 Å². The summed E-state index contributed by atoms with van der Waals surface area (Å²) in [6.07, 6.45) is 14.0. The molecule has 170 valence electrons. The lowest BCUT2D eigenvalue weighted by Gasteiger charge is -2.23. The standard InChI is InChI=1S/C26H41N5/c1-6-22(7-2)30-23(8-3)15-17-25(31(5)28)26(27)24-16-14-21(19(4)29-24)18-20-12-10-9-11-13-20/h6,8,14,16,20H,3,7,9-13,15,17-18,27-28H2,1-2,4-5H3/b22-6-,26-25-,30-23?. The number of hydrazine groups is 1. The second-order valence-electron chi connectivity index (χ2n) is 8.56. The van der Waals surface area contributed by atoms with Crippen molar-refractivity contribution < 1.29 is 0 Å². The molecular formula is C26H41N5. The van der Waals surface area contributed by atoms with Crippen LogP contribution in [0.4, 0.5) is 0 Å². The number of aromatic nitrogens is 1. The summed E-state index contributed by atoms with van der Waals surface area (Å²) in [7, 11) is 1.82. The average molecular weight is 424 g/mol. The van der Waals surface area contributed by atoms with Crippen molar-refractivity contribution in [2.75, 3.05) is 7.05 Å². The molecule has 0 saturated heterocycles. The van der Waals surface area contributed by atoms with Gasteiger partial charge < -0.3 is 10.7 Å². The number of aliphatic imine (C=N–C) groups is 1. The smallest absolute Gasteiger partial charge is 0.0880 e. The van der Waals surface area contributed by atoms with Crippen molar-refractivity contribution in [3.8, 4) is 0 Å². The van der Waals surface area contributed by atoms with E-state index in [1.54, 1.807) is 5.01 Å². The number of aryl methyl sites for hydroxylation is 1. The Balaban J connectivity index is 2.19. The van der Waals surface area contributed by atoms with Gasteiger partial charge in [0.25, 0.3) is 0 Å². The Morgan fingerprint density at radius 1 is 1.26 bits per heavy atom. The van der Waals surface area contributed by atoms with Gasteiger partial charge >= 0.3 is 0 Å². The van der Waals surface area contributed by atoms with Crippen LogP contribution in [0.5, 0.6) is 0 Å². The third-order valence-corrected chi connectivity index (χ3v) is 6.28. The molecule has 1 heterocycles. The minimum Gasteiger partial charge on any atom is -0.396 e. The van der Waals surface area contributed by atoms with Crippen LogP contribution in [-0.2, 0) is 6.42 Å². The molecule has 0 amide bonds. The van der Waals surface area contributed by atoms with E-state index in [1.807, 2.05) is 32.2 Å². The molecule has 5 nitrogen and oxygen atoms in total. The van der Waals surface area contributed by atoms with E-state index < -0.39 is 0 Å². The zero-order valence-electron chi connectivity index (χ0n) is 20.0. The summed E-state index contributed by atoms with van der Waals surface area (Å²) in [6, 6.07) is 4.24. The maximum absolute atomic E-state index is 6.54. The first-order valence-electron chi connectivity index (χ1n) is 11.7. The third-order valence-electron chi connectivity index (χ3n) is 6.28. The van der Waals surface area contributed by atoms with E-state index in [0.29, 0.717) is 12.1 Å². The van der Waals surface area contributed by atoms with Gasteiger partial charge in [0.05, 0.1) is 17.1 Å². The largest absolute Gasteiger partial charge is 0.396 e. The summed E-state index contributed by atoms with van der Waals surface area (Å²) in [5.74, 6) is 6.93. The van der Waals surface area contributed by atoms with Crippen molar-refractivity contribution >= 4 is 11.4 Å². The van der Waals surface area contributed by atoms with Gasteiger partial charge in [-0.25, -0.2) is 5.84 Å². The van der Waals surface area contributed by atoms with Crippen LogP contribution in [0, 0.1) is 12.8 Å². The van der Waals surface area contributed by atoms with Crippen molar-refractivity contribution in [1.82, 2.24) is 9.99 Å². The molecule has 1 fully saturated rings. The second-order valence-corrected chi connectivity index (χ2v) is 8.56. The Kier molecular flexibility index (Phi) is 9.99. The van der Waals surface area contributed by atoms with E-state index >= 15 is 0 Å². The molecule has 31 heavy (non-hydrogen) atoms. The van der Waals surface area contributed by atoms with E-state index in [4.69, 9.17) is 21.6 Å². The Hall–Kier alpha value is -2.40. The normalized spacial score (nSPS) is 16.8. The van der Waals surface area contributed by atoms with Gasteiger partial charge in [0.2, 0.25) is 0 Å². The lowest BCUT2D eigenvalue weighted by molar-refractivity contribution is 0.356. The van der Waals surface area contributed by atoms with Crippen LogP contribution in [0.25, 0.3) is 5.70 Å². The maximum Gasteiger partial charge on any atom is 0.0880 e. The summed E-state index contributed by atoms with van der Waals surface area (Å²) in [5.41, 5.74) is 13.2. The Morgan fingerprint density at radius 3 is 2.52 bits per heavy atom. The number of pyridine rings is 1. The summed E-state index contributed by atoms with van der Waals surface area (Å²) in [4.78, 5) is 9.54. The highest BCUT2D eigenvalue weighted by Gasteiger charge is 2.17. The molecule has 0 radical (unpaired) electrons. The molecule has 2 rings (SSSR count). The topological polar surface area (TPSA) is 80.5 Å². The minimum atomic E-state index is 0.627. The highest BCUT2D eigenvalue weighted by Crippen LogP contribution is 2.28. The molecule has 0 aromatic carbocycles. The first-order valence-corrected chi connectivity index (χ1v) is 11.7. The fourth-order valence-corrected chi connectivity index (χ4v) is 4.29. The van der Waals surface area contributed by atoms with Gasteiger partial charge in [-0.15, -0.1) is 0 Å². The average Bonchev–Trinajstić information content (AvgIpc) is 2.77. The van der Waals surface area contributed by atoms with Crippen LogP contribution in [0.1, 0.15) is 82.2 Å². The van der Waals surface area contributed by atoms with Crippen molar-refractivity contribution in [3.05, 3.63) is 59.2 Å². The molecule has 0 atom stereocenters. The maximum atomic E-state index is 6.54. The number of hydrogen-bond acceptors (Lipinski definition) is 5. The van der Waals surface area contributed by atoms with Crippen LogP contribution < -0.4 is 11.6 Å². The van der Waals surface area contributed by atoms with Crippen LogP contribution in [0.3, 0.4) is 0 Å². The first-order chi connectivity index (χ1) is 14.9. The summed E-state index contributed by atoms with van der Waals surface area (Å²) >= 11 is 0. The molecule has 1 aliphatic rings. The Morgan fingerprint density at radius 2 is 1.97 bits per heavy atom. The van der Waals surface area contributed by atoms with E-state index in [1.165, 1.54) is 37.7 Å². The SMILES string of the molecule is C=CC(CC/C(=C(/N)c1ccc(CC2CCCCC2)c(C)n1)N(C)N)=N/C(=C\C)CC. The monoisotopic (exact) mass is 423 g/mol. The quantitative estimate of drug-likeness (QED) is 0.289. The number of rotatable bonds is 10. The third kappa shape index (κ3) is 7.35. The molecule has 1 aromatic rings. The highest BCUT2D eigenvalue weighted by molar-refractivity contribution is 5.95. The summed E-state index contributed by atoms with van der Waals surface area (Å²) < 4.78 is 0. The van der Waals surface area contributed by atoms with Crippen LogP contribution in [-0.4, -0.2) is 22.8 Å². The predicted molar refractivity (Wildman–Crippen MR) is 133 cm³/mol. The number of allylic oxidation sites excluding steroid dienone is 4. The van der Waals surface area contributed by atoms with Crippen molar-refractivity contribution in [3.63, 3.8) is 0 Å². The van der Waals surface area contributed by atoms with Gasteiger partial charge in [-0.3, -0.25) is 9.98 Å². The molecule has 0 unspecified atom stereocenters. The zero-order valence-corrected chi connectivity index (χ0v) is 20.0. The molecule has 0 spiro atoms. The van der Waals surface area contributed by atoms with Crippen LogP contribution in [0.2, 0.25) is 0 Å². The highest BCUT2D eigenvalue weighted by atomic mass is 15.4. The predicted octanol–water partition coefficient (Wildman–Crippen LogP) is 5.67. The summed E-state index contributed by atoms with van der Waals surface area (Å²) in [5, 5.41) is 1.60. The van der Waals surface area contributed by atoms with Gasteiger partial charge in [0.15, 0.2) is 0 Å². The zero-order chi connectivity index (χ0) is 22.8. The lowest BCUT2D eigenvalue weighted by atomic mass is 9.84. The minimum absolute atomic E-state index is 0.627. The van der Waals surface area contributed by atoms with Gasteiger partial charge in [0, 0.05) is 24.2 Å². The van der Waals surface area contributed by atoms with Crippen molar-refractivity contribution in [2.45, 2.75) is 78.6 Å². The molecule has 1 saturated carbocycles. The molecule has 5 heteroatoms. The lowest BCUT2D eigenvalue weighted by Crippen LogP contribution is -2.28. The van der Waals surface area contributed by atoms with E-state index in [2.05, 4.69) is 26.5 Å². The Bertz CT molecular complexity index is 826. The number of hydrogen-bond donors (Lipinski definition) is 2. The van der Waals surface area contributed by atoms with E-state index in [-0.39, 0.29) is 0 Å². The van der Waals surface area contributed by atoms with Crippen molar-refractivity contribution in [2.24, 2.45) is 22.5 Å². The van der Waals surface area contributed by atoms with Crippen molar-refractivity contribution in [1.29, 1.82) is 0 Å². The van der Waals surface area contributed by atoms with Gasteiger partial charge in [0.1, 0.15) is 0 Å². The molecule has 4 N–H and O–H groups in total. The number of nitrogens with zero attached hydrogens (tertiary/aromatic N) is 3. The van der Waals surface area contributed by atoms with Gasteiger partial charge in [-0.1, -0.05) is 57.7 Å². The van der Waals surface area contributed by atoms with E-state index in [9.17, 15) is 0 Å². The van der Waals surface area contributed by atoms with Gasteiger partial charge in [-0.05, 0) is 63.2 Å². The van der Waals surface area contributed by atoms with Gasteiger partial charge in [-0.2, -0.15) is 0 Å². The van der Waals surface area contributed by atoms with Crippen LogP contribution >= 0.6 is 0 Å². The molecule has 0 aliphatic heterocycles. The fraction of sp³-hybridized carbons (Fsp3) is 0.538.